The van der Waals surface area contributed by atoms with E-state index in [0.29, 0.717) is 43.0 Å². The van der Waals surface area contributed by atoms with E-state index in [4.69, 9.17) is 15.7 Å². The fourth-order valence-corrected chi connectivity index (χ4v) is 1.90. The van der Waals surface area contributed by atoms with Crippen molar-refractivity contribution in [1.29, 1.82) is 5.26 Å². The van der Waals surface area contributed by atoms with E-state index in [2.05, 4.69) is 43.6 Å². The number of nitrogens with two attached hydrogens (primary N) is 1. The summed E-state index contributed by atoms with van der Waals surface area (Å²) in [6.45, 7) is 10.6. The van der Waals surface area contributed by atoms with Crippen LogP contribution >= 0.6 is 0 Å². The SMILES string of the molecule is CC(C)COc1nc(N(CCC#N)CC(C)C)ccc1N. The van der Waals surface area contributed by atoms with Gasteiger partial charge in [0.25, 0.3) is 0 Å². The first-order valence-corrected chi connectivity index (χ1v) is 7.45. The highest BCUT2D eigenvalue weighted by Crippen LogP contribution is 2.24. The molecule has 1 heterocycles. The number of aromatic nitrogens is 1. The molecule has 0 saturated heterocycles. The van der Waals surface area contributed by atoms with E-state index in [1.54, 1.807) is 0 Å². The average Bonchev–Trinajstić information content (AvgIpc) is 2.42. The smallest absolute Gasteiger partial charge is 0.239 e. The summed E-state index contributed by atoms with van der Waals surface area (Å²) in [7, 11) is 0. The van der Waals surface area contributed by atoms with E-state index in [1.165, 1.54) is 0 Å². The molecule has 0 unspecified atom stereocenters. The predicted molar refractivity (Wildman–Crippen MR) is 86.3 cm³/mol. The van der Waals surface area contributed by atoms with E-state index in [1.807, 2.05) is 12.1 Å². The Hall–Kier alpha value is -1.96. The van der Waals surface area contributed by atoms with Crippen LogP contribution in [-0.2, 0) is 0 Å². The summed E-state index contributed by atoms with van der Waals surface area (Å²) in [5.41, 5.74) is 6.46. The summed E-state index contributed by atoms with van der Waals surface area (Å²) in [5, 5.41) is 8.80. The van der Waals surface area contributed by atoms with E-state index >= 15 is 0 Å². The normalized spacial score (nSPS) is 10.7. The summed E-state index contributed by atoms with van der Waals surface area (Å²) >= 11 is 0. The van der Waals surface area contributed by atoms with E-state index < -0.39 is 0 Å². The van der Waals surface area contributed by atoms with Crippen LogP contribution in [0.15, 0.2) is 12.1 Å². The molecule has 0 atom stereocenters. The van der Waals surface area contributed by atoms with Crippen molar-refractivity contribution in [3.8, 4) is 11.9 Å². The van der Waals surface area contributed by atoms with Gasteiger partial charge in [0.15, 0.2) is 0 Å². The van der Waals surface area contributed by atoms with Crippen LogP contribution in [0.2, 0.25) is 0 Å². The highest BCUT2D eigenvalue weighted by atomic mass is 16.5. The third-order valence-corrected chi connectivity index (χ3v) is 2.83. The minimum Gasteiger partial charge on any atom is -0.476 e. The first-order chi connectivity index (χ1) is 9.93. The number of anilines is 2. The molecule has 1 aromatic rings. The Bertz CT molecular complexity index is 480. The number of nitriles is 1. The van der Waals surface area contributed by atoms with Crippen molar-refractivity contribution in [3.63, 3.8) is 0 Å². The van der Waals surface area contributed by atoms with Crippen LogP contribution in [0.25, 0.3) is 0 Å². The molecule has 5 heteroatoms. The van der Waals surface area contributed by atoms with E-state index in [9.17, 15) is 0 Å². The Morgan fingerprint density at radius 2 is 2.00 bits per heavy atom. The lowest BCUT2D eigenvalue weighted by molar-refractivity contribution is 0.263. The Balaban J connectivity index is 2.91. The zero-order valence-electron chi connectivity index (χ0n) is 13.5. The molecule has 0 aliphatic heterocycles. The van der Waals surface area contributed by atoms with Crippen molar-refractivity contribution in [2.45, 2.75) is 34.1 Å². The molecule has 0 aliphatic rings. The third-order valence-electron chi connectivity index (χ3n) is 2.83. The Labute approximate surface area is 127 Å². The van der Waals surface area contributed by atoms with E-state index in [0.717, 1.165) is 12.4 Å². The highest BCUT2D eigenvalue weighted by molar-refractivity contribution is 5.54. The standard InChI is InChI=1S/C16H26N4O/c1-12(2)10-20(9-5-8-17)15-7-6-14(18)16(19-15)21-11-13(3)4/h6-7,12-13H,5,9-11,18H2,1-4H3. The topological polar surface area (TPSA) is 75.2 Å². The fraction of sp³-hybridized carbons (Fsp3) is 0.625. The minimum absolute atomic E-state index is 0.417. The zero-order valence-corrected chi connectivity index (χ0v) is 13.5. The van der Waals surface area contributed by atoms with Crippen LogP contribution < -0.4 is 15.4 Å². The maximum Gasteiger partial charge on any atom is 0.239 e. The lowest BCUT2D eigenvalue weighted by Crippen LogP contribution is -2.29. The molecule has 21 heavy (non-hydrogen) atoms. The van der Waals surface area contributed by atoms with Crippen molar-refractivity contribution in [1.82, 2.24) is 4.98 Å². The van der Waals surface area contributed by atoms with Crippen molar-refractivity contribution in [3.05, 3.63) is 12.1 Å². The maximum absolute atomic E-state index is 8.80. The second kappa shape index (κ2) is 8.35. The van der Waals surface area contributed by atoms with Gasteiger partial charge in [-0.2, -0.15) is 10.2 Å². The van der Waals surface area contributed by atoms with Gasteiger partial charge in [-0.05, 0) is 24.0 Å². The van der Waals surface area contributed by atoms with Gasteiger partial charge in [-0.25, -0.2) is 0 Å². The van der Waals surface area contributed by atoms with Crippen molar-refractivity contribution in [2.75, 3.05) is 30.3 Å². The van der Waals surface area contributed by atoms with Crippen LogP contribution in [0.1, 0.15) is 34.1 Å². The highest BCUT2D eigenvalue weighted by Gasteiger charge is 2.13. The molecule has 0 aromatic carbocycles. The van der Waals surface area contributed by atoms with Gasteiger partial charge in [-0.1, -0.05) is 27.7 Å². The van der Waals surface area contributed by atoms with Crippen LogP contribution in [0.3, 0.4) is 0 Å². The molecule has 0 spiro atoms. The molecule has 0 aliphatic carbocycles. The minimum atomic E-state index is 0.417. The number of hydrogen-bond acceptors (Lipinski definition) is 5. The second-order valence-corrected chi connectivity index (χ2v) is 6.02. The monoisotopic (exact) mass is 290 g/mol. The first kappa shape index (κ1) is 17.1. The molecule has 0 fully saturated rings. The number of rotatable bonds is 8. The van der Waals surface area contributed by atoms with Crippen LogP contribution in [0.4, 0.5) is 11.5 Å². The van der Waals surface area contributed by atoms with Crippen LogP contribution in [0, 0.1) is 23.2 Å². The summed E-state index contributed by atoms with van der Waals surface area (Å²) in [4.78, 5) is 6.63. The zero-order chi connectivity index (χ0) is 15.8. The van der Waals surface area contributed by atoms with Crippen molar-refractivity contribution >= 4 is 11.5 Å². The molecule has 2 N–H and O–H groups in total. The maximum atomic E-state index is 8.80. The van der Waals surface area contributed by atoms with Crippen molar-refractivity contribution < 1.29 is 4.74 Å². The quantitative estimate of drug-likeness (QED) is 0.796. The Kier molecular flexibility index (Phi) is 6.80. The number of nitrogen functional groups attached to an aromatic ring is 1. The average molecular weight is 290 g/mol. The molecule has 116 valence electrons. The fourth-order valence-electron chi connectivity index (χ4n) is 1.90. The van der Waals surface area contributed by atoms with Gasteiger partial charge in [-0.15, -0.1) is 0 Å². The lowest BCUT2D eigenvalue weighted by Gasteiger charge is -2.25. The molecule has 0 bridgehead atoms. The van der Waals surface area contributed by atoms with Gasteiger partial charge in [-0.3, -0.25) is 0 Å². The Morgan fingerprint density at radius 3 is 2.57 bits per heavy atom. The summed E-state index contributed by atoms with van der Waals surface area (Å²) in [6, 6.07) is 5.89. The largest absolute Gasteiger partial charge is 0.476 e. The van der Waals surface area contributed by atoms with Gasteiger partial charge in [0, 0.05) is 13.1 Å². The molecule has 0 radical (unpaired) electrons. The number of pyridine rings is 1. The molecule has 0 amide bonds. The molecule has 0 saturated carbocycles. The van der Waals surface area contributed by atoms with Crippen LogP contribution in [0.5, 0.6) is 5.88 Å². The van der Waals surface area contributed by atoms with Crippen LogP contribution in [-0.4, -0.2) is 24.7 Å². The molecule has 1 rings (SSSR count). The number of ether oxygens (including phenoxy) is 1. The summed E-state index contributed by atoms with van der Waals surface area (Å²) in [5.74, 6) is 2.20. The van der Waals surface area contributed by atoms with Crippen molar-refractivity contribution in [2.24, 2.45) is 11.8 Å². The molecule has 1 aromatic heterocycles. The number of nitrogens with zero attached hydrogens (tertiary/aromatic N) is 3. The van der Waals surface area contributed by atoms with Gasteiger partial charge in [0.2, 0.25) is 5.88 Å². The second-order valence-electron chi connectivity index (χ2n) is 6.02. The summed E-state index contributed by atoms with van der Waals surface area (Å²) < 4.78 is 5.67. The molecule has 5 nitrogen and oxygen atoms in total. The van der Waals surface area contributed by atoms with Gasteiger partial charge < -0.3 is 15.4 Å². The number of hydrogen-bond donors (Lipinski definition) is 1. The predicted octanol–water partition coefficient (Wildman–Crippen LogP) is 3.07. The Morgan fingerprint density at radius 1 is 1.29 bits per heavy atom. The molecular weight excluding hydrogens is 264 g/mol. The lowest BCUT2D eigenvalue weighted by atomic mass is 10.2. The molecular formula is C16H26N4O. The van der Waals surface area contributed by atoms with Gasteiger partial charge in [0.1, 0.15) is 5.82 Å². The summed E-state index contributed by atoms with van der Waals surface area (Å²) in [6.07, 6.45) is 0.473. The third kappa shape index (κ3) is 5.90. The van der Waals surface area contributed by atoms with E-state index in [-0.39, 0.29) is 0 Å². The van der Waals surface area contributed by atoms with Gasteiger partial charge >= 0.3 is 0 Å². The van der Waals surface area contributed by atoms with Gasteiger partial charge in [0.05, 0.1) is 24.8 Å². The first-order valence-electron chi connectivity index (χ1n) is 7.45.